The summed E-state index contributed by atoms with van der Waals surface area (Å²) in [4.78, 5) is 14.0. The molecule has 3 nitrogen and oxygen atoms in total. The van der Waals surface area contributed by atoms with Gasteiger partial charge in [0.1, 0.15) is 5.67 Å². The SMILES string of the molecule is O=c1[nH]cc(Br)cc1C1(F)CCOCC1. The zero-order valence-corrected chi connectivity index (χ0v) is 9.64. The van der Waals surface area contributed by atoms with E-state index in [4.69, 9.17) is 4.74 Å². The van der Waals surface area contributed by atoms with E-state index in [1.165, 1.54) is 6.20 Å². The summed E-state index contributed by atoms with van der Waals surface area (Å²) < 4.78 is 20.2. The summed E-state index contributed by atoms with van der Waals surface area (Å²) in [5, 5.41) is 0. The summed E-state index contributed by atoms with van der Waals surface area (Å²) in [7, 11) is 0. The van der Waals surface area contributed by atoms with Gasteiger partial charge in [0, 0.05) is 36.7 Å². The maximum atomic E-state index is 14.4. The number of aromatic nitrogens is 1. The standard InChI is InChI=1S/C10H11BrFNO2/c11-7-5-8(9(14)13-6-7)10(12)1-3-15-4-2-10/h5-6H,1-4H2,(H,13,14). The molecule has 0 radical (unpaired) electrons. The van der Waals surface area contributed by atoms with E-state index < -0.39 is 5.67 Å². The van der Waals surface area contributed by atoms with Crippen LogP contribution in [0.15, 0.2) is 21.5 Å². The van der Waals surface area contributed by atoms with Crippen molar-refractivity contribution in [3.05, 3.63) is 32.7 Å². The van der Waals surface area contributed by atoms with Gasteiger partial charge in [0.2, 0.25) is 0 Å². The van der Waals surface area contributed by atoms with Crippen molar-refractivity contribution in [2.24, 2.45) is 0 Å². The van der Waals surface area contributed by atoms with Gasteiger partial charge < -0.3 is 9.72 Å². The molecular formula is C10H11BrFNO2. The molecule has 2 heterocycles. The van der Waals surface area contributed by atoms with E-state index in [1.54, 1.807) is 6.07 Å². The highest BCUT2D eigenvalue weighted by molar-refractivity contribution is 9.10. The molecule has 1 aliphatic heterocycles. The second-order valence-electron chi connectivity index (χ2n) is 3.64. The maximum absolute atomic E-state index is 14.4. The van der Waals surface area contributed by atoms with Crippen LogP contribution in [0.1, 0.15) is 18.4 Å². The van der Waals surface area contributed by atoms with Crippen molar-refractivity contribution in [1.82, 2.24) is 4.98 Å². The number of halogens is 2. The van der Waals surface area contributed by atoms with E-state index in [0.717, 1.165) is 0 Å². The van der Waals surface area contributed by atoms with Crippen LogP contribution in [0.4, 0.5) is 4.39 Å². The third kappa shape index (κ3) is 2.13. The van der Waals surface area contributed by atoms with Gasteiger partial charge in [-0.1, -0.05) is 0 Å². The molecule has 0 amide bonds. The van der Waals surface area contributed by atoms with Crippen molar-refractivity contribution >= 4 is 15.9 Å². The van der Waals surface area contributed by atoms with Gasteiger partial charge in [-0.25, -0.2) is 4.39 Å². The predicted molar refractivity (Wildman–Crippen MR) is 57.6 cm³/mol. The molecule has 1 aromatic rings. The lowest BCUT2D eigenvalue weighted by Crippen LogP contribution is -2.34. The van der Waals surface area contributed by atoms with Crippen molar-refractivity contribution in [3.63, 3.8) is 0 Å². The fourth-order valence-electron chi connectivity index (χ4n) is 1.75. The molecule has 82 valence electrons. The molecule has 0 aliphatic carbocycles. The zero-order valence-electron chi connectivity index (χ0n) is 8.06. The molecule has 1 fully saturated rings. The lowest BCUT2D eigenvalue weighted by molar-refractivity contribution is -0.0122. The molecule has 0 unspecified atom stereocenters. The average molecular weight is 276 g/mol. The topological polar surface area (TPSA) is 42.1 Å². The molecule has 2 rings (SSSR count). The smallest absolute Gasteiger partial charge is 0.254 e. The molecule has 1 saturated heterocycles. The normalized spacial score (nSPS) is 20.1. The van der Waals surface area contributed by atoms with E-state index >= 15 is 0 Å². The molecule has 0 aromatic carbocycles. The second kappa shape index (κ2) is 4.06. The summed E-state index contributed by atoms with van der Waals surface area (Å²) in [6.07, 6.45) is 1.99. The highest BCUT2D eigenvalue weighted by Crippen LogP contribution is 2.34. The van der Waals surface area contributed by atoms with Gasteiger partial charge in [-0.15, -0.1) is 0 Å². The van der Waals surface area contributed by atoms with Crippen molar-refractivity contribution in [2.75, 3.05) is 13.2 Å². The van der Waals surface area contributed by atoms with Gasteiger partial charge in [-0.05, 0) is 22.0 Å². The van der Waals surface area contributed by atoms with Crippen LogP contribution in [-0.2, 0) is 10.4 Å². The van der Waals surface area contributed by atoms with E-state index in [1.807, 2.05) is 0 Å². The van der Waals surface area contributed by atoms with Crippen LogP contribution in [0.2, 0.25) is 0 Å². The molecule has 1 aliphatic rings. The summed E-state index contributed by atoms with van der Waals surface area (Å²) in [5.41, 5.74) is -1.71. The molecule has 1 N–H and O–H groups in total. The molecule has 0 bridgehead atoms. The van der Waals surface area contributed by atoms with Gasteiger partial charge in [0.05, 0.1) is 5.56 Å². The third-order valence-corrected chi connectivity index (χ3v) is 3.09. The molecule has 5 heteroatoms. The van der Waals surface area contributed by atoms with Crippen LogP contribution in [0, 0.1) is 0 Å². The van der Waals surface area contributed by atoms with Gasteiger partial charge >= 0.3 is 0 Å². The van der Waals surface area contributed by atoms with Crippen molar-refractivity contribution in [1.29, 1.82) is 0 Å². The first-order chi connectivity index (χ1) is 7.12. The average Bonchev–Trinajstić information content (AvgIpc) is 2.23. The molecule has 15 heavy (non-hydrogen) atoms. The highest BCUT2D eigenvalue weighted by atomic mass is 79.9. The number of ether oxygens (including phenoxy) is 1. The van der Waals surface area contributed by atoms with Crippen LogP contribution < -0.4 is 5.56 Å². The summed E-state index contributed by atoms with van der Waals surface area (Å²) in [5.74, 6) is 0. The summed E-state index contributed by atoms with van der Waals surface area (Å²) in [6.45, 7) is 0.727. The Hall–Kier alpha value is -0.680. The summed E-state index contributed by atoms with van der Waals surface area (Å²) in [6, 6.07) is 1.55. The Morgan fingerprint density at radius 3 is 2.80 bits per heavy atom. The maximum Gasteiger partial charge on any atom is 0.254 e. The number of nitrogens with one attached hydrogen (secondary N) is 1. The fraction of sp³-hybridized carbons (Fsp3) is 0.500. The Kier molecular flexibility index (Phi) is 2.93. The number of alkyl halides is 1. The fourth-order valence-corrected chi connectivity index (χ4v) is 2.10. The quantitative estimate of drug-likeness (QED) is 0.853. The first-order valence-corrected chi connectivity index (χ1v) is 5.56. The van der Waals surface area contributed by atoms with Crippen molar-refractivity contribution in [2.45, 2.75) is 18.5 Å². The number of H-pyrrole nitrogens is 1. The van der Waals surface area contributed by atoms with Crippen molar-refractivity contribution in [3.8, 4) is 0 Å². The monoisotopic (exact) mass is 275 g/mol. The van der Waals surface area contributed by atoms with Crippen LogP contribution in [0.5, 0.6) is 0 Å². The van der Waals surface area contributed by atoms with E-state index in [0.29, 0.717) is 17.7 Å². The lowest BCUT2D eigenvalue weighted by atomic mass is 9.89. The summed E-state index contributed by atoms with van der Waals surface area (Å²) >= 11 is 3.22. The Morgan fingerprint density at radius 2 is 2.13 bits per heavy atom. The minimum atomic E-state index is -1.55. The minimum Gasteiger partial charge on any atom is -0.381 e. The Bertz CT molecular complexity index is 412. The Morgan fingerprint density at radius 1 is 1.47 bits per heavy atom. The first kappa shape index (κ1) is 10.8. The van der Waals surface area contributed by atoms with Gasteiger partial charge in [-0.2, -0.15) is 0 Å². The lowest BCUT2D eigenvalue weighted by Gasteiger charge is -2.29. The number of hydrogen-bond donors (Lipinski definition) is 1. The molecule has 0 spiro atoms. The van der Waals surface area contributed by atoms with Crippen LogP contribution in [0.25, 0.3) is 0 Å². The number of pyridine rings is 1. The molecule has 0 saturated carbocycles. The van der Waals surface area contributed by atoms with E-state index in [-0.39, 0.29) is 24.0 Å². The van der Waals surface area contributed by atoms with Crippen molar-refractivity contribution < 1.29 is 9.13 Å². The predicted octanol–water partition coefficient (Wildman–Crippen LogP) is 2.11. The molecule has 0 atom stereocenters. The second-order valence-corrected chi connectivity index (χ2v) is 4.55. The largest absolute Gasteiger partial charge is 0.381 e. The highest BCUT2D eigenvalue weighted by Gasteiger charge is 2.36. The number of rotatable bonds is 1. The van der Waals surface area contributed by atoms with Crippen LogP contribution in [0.3, 0.4) is 0 Å². The van der Waals surface area contributed by atoms with E-state index in [9.17, 15) is 9.18 Å². The van der Waals surface area contributed by atoms with E-state index in [2.05, 4.69) is 20.9 Å². The van der Waals surface area contributed by atoms with Gasteiger partial charge in [0.15, 0.2) is 0 Å². The van der Waals surface area contributed by atoms with Gasteiger partial charge in [-0.3, -0.25) is 4.79 Å². The van der Waals surface area contributed by atoms with Gasteiger partial charge in [0.25, 0.3) is 5.56 Å². The first-order valence-electron chi connectivity index (χ1n) is 4.77. The zero-order chi connectivity index (χ0) is 10.9. The Balaban J connectivity index is 2.42. The van der Waals surface area contributed by atoms with Crippen LogP contribution >= 0.6 is 15.9 Å². The third-order valence-electron chi connectivity index (χ3n) is 2.64. The molecular weight excluding hydrogens is 265 g/mol. The number of aromatic amines is 1. The minimum absolute atomic E-state index is 0.195. The Labute approximate surface area is 94.8 Å². The van der Waals surface area contributed by atoms with Crippen LogP contribution in [-0.4, -0.2) is 18.2 Å². The molecule has 1 aromatic heterocycles. The number of hydrogen-bond acceptors (Lipinski definition) is 2.